The third kappa shape index (κ3) is 6.08. The van der Waals surface area contributed by atoms with Crippen LogP contribution in [-0.4, -0.2) is 17.9 Å². The summed E-state index contributed by atoms with van der Waals surface area (Å²) in [7, 11) is 0. The topological polar surface area (TPSA) is 68.9 Å². The lowest BCUT2D eigenvalue weighted by Gasteiger charge is -2.13. The van der Waals surface area contributed by atoms with Gasteiger partial charge in [-0.1, -0.05) is 29.3 Å². The van der Waals surface area contributed by atoms with Gasteiger partial charge in [-0.25, -0.2) is 0 Å². The molecule has 0 saturated heterocycles. The number of hydrogen-bond donors (Lipinski definition) is 2. The maximum atomic E-state index is 6.02. The van der Waals surface area contributed by atoms with Crippen molar-refractivity contribution in [1.82, 2.24) is 5.43 Å². The third-order valence-corrected chi connectivity index (χ3v) is 3.86. The molecule has 25 heavy (non-hydrogen) atoms. The molecule has 0 atom stereocenters. The Bertz CT molecular complexity index is 784. The number of hydrogen-bond acceptors (Lipinski definition) is 4. The molecule has 0 spiro atoms. The highest BCUT2D eigenvalue weighted by molar-refractivity contribution is 7.80. The number of ether oxygens (including phenoxy) is 2. The molecule has 3 N–H and O–H groups in total. The first-order chi connectivity index (χ1) is 12.0. The van der Waals surface area contributed by atoms with Gasteiger partial charge >= 0.3 is 0 Å². The fourth-order valence-electron chi connectivity index (χ4n) is 1.95. The van der Waals surface area contributed by atoms with E-state index in [0.29, 0.717) is 34.8 Å². The van der Waals surface area contributed by atoms with Crippen LogP contribution in [0.1, 0.15) is 18.1 Å². The number of thiocarbonyl (C=S) groups is 1. The van der Waals surface area contributed by atoms with E-state index in [9.17, 15) is 0 Å². The van der Waals surface area contributed by atoms with E-state index in [4.69, 9.17) is 38.4 Å². The molecule has 0 aliphatic rings. The summed E-state index contributed by atoms with van der Waals surface area (Å²) in [6.45, 7) is 2.75. The number of nitrogens with one attached hydrogen (secondary N) is 1. The number of nitrogens with two attached hydrogens (primary N) is 1. The molecule has 2 aromatic carbocycles. The molecule has 0 amide bonds. The average molecular weight is 398 g/mol. The average Bonchev–Trinajstić information content (AvgIpc) is 2.57. The van der Waals surface area contributed by atoms with Crippen molar-refractivity contribution in [2.75, 3.05) is 6.61 Å². The first kappa shape index (κ1) is 19.3. The molecule has 2 aromatic rings. The highest BCUT2D eigenvalue weighted by Crippen LogP contribution is 2.29. The van der Waals surface area contributed by atoms with Crippen molar-refractivity contribution in [3.8, 4) is 11.5 Å². The fraction of sp³-hybridized carbons (Fsp3) is 0.176. The standard InChI is InChI=1S/C17H17Cl2N3O2S/c1-2-23-16-8-11(9-21-22-17(20)25)4-6-15(16)24-10-12-3-5-13(18)14(19)7-12/h3-9H,2,10H2,1H3,(H3,20,22,25). The van der Waals surface area contributed by atoms with Crippen LogP contribution in [0, 0.1) is 0 Å². The van der Waals surface area contributed by atoms with E-state index < -0.39 is 0 Å². The maximum Gasteiger partial charge on any atom is 0.184 e. The number of hydrazone groups is 1. The van der Waals surface area contributed by atoms with Gasteiger partial charge < -0.3 is 15.2 Å². The fourth-order valence-corrected chi connectivity index (χ4v) is 2.33. The zero-order chi connectivity index (χ0) is 18.2. The minimum Gasteiger partial charge on any atom is -0.490 e. The second kappa shape index (κ2) is 9.46. The van der Waals surface area contributed by atoms with Crippen LogP contribution < -0.4 is 20.6 Å². The Balaban J connectivity index is 2.11. The van der Waals surface area contributed by atoms with Crippen LogP contribution in [-0.2, 0) is 6.61 Å². The summed E-state index contributed by atoms with van der Waals surface area (Å²) in [5, 5.41) is 5.02. The van der Waals surface area contributed by atoms with Crippen molar-refractivity contribution in [2.24, 2.45) is 10.8 Å². The normalized spacial score (nSPS) is 10.7. The predicted octanol–water partition coefficient (Wildman–Crippen LogP) is 4.14. The van der Waals surface area contributed by atoms with Gasteiger partial charge in [0.25, 0.3) is 0 Å². The summed E-state index contributed by atoms with van der Waals surface area (Å²) < 4.78 is 11.5. The minimum absolute atomic E-state index is 0.0999. The first-order valence-corrected chi connectivity index (χ1v) is 8.58. The number of rotatable bonds is 7. The largest absolute Gasteiger partial charge is 0.490 e. The van der Waals surface area contributed by atoms with Crippen LogP contribution in [0.3, 0.4) is 0 Å². The Labute approximate surface area is 161 Å². The van der Waals surface area contributed by atoms with E-state index in [-0.39, 0.29) is 5.11 Å². The van der Waals surface area contributed by atoms with Gasteiger partial charge in [-0.05, 0) is 60.6 Å². The Kier molecular flexibility index (Phi) is 7.31. The molecule has 132 valence electrons. The van der Waals surface area contributed by atoms with Gasteiger partial charge in [0.1, 0.15) is 6.61 Å². The van der Waals surface area contributed by atoms with Crippen LogP contribution in [0.2, 0.25) is 10.0 Å². The Morgan fingerprint density at radius 3 is 2.64 bits per heavy atom. The first-order valence-electron chi connectivity index (χ1n) is 7.41. The molecular formula is C17H17Cl2N3O2S. The molecular weight excluding hydrogens is 381 g/mol. The summed E-state index contributed by atoms with van der Waals surface area (Å²) in [6, 6.07) is 10.8. The minimum atomic E-state index is 0.0999. The van der Waals surface area contributed by atoms with Crippen LogP contribution in [0.4, 0.5) is 0 Å². The van der Waals surface area contributed by atoms with Crippen molar-refractivity contribution in [2.45, 2.75) is 13.5 Å². The monoisotopic (exact) mass is 397 g/mol. The van der Waals surface area contributed by atoms with Crippen molar-refractivity contribution in [1.29, 1.82) is 0 Å². The van der Waals surface area contributed by atoms with Crippen LogP contribution in [0.15, 0.2) is 41.5 Å². The molecule has 0 unspecified atom stereocenters. The van der Waals surface area contributed by atoms with Gasteiger partial charge in [0.2, 0.25) is 0 Å². The van der Waals surface area contributed by atoms with E-state index in [1.54, 1.807) is 18.3 Å². The molecule has 0 heterocycles. The van der Waals surface area contributed by atoms with Crippen LogP contribution >= 0.6 is 35.4 Å². The van der Waals surface area contributed by atoms with Gasteiger partial charge in [0.15, 0.2) is 16.6 Å². The van der Waals surface area contributed by atoms with E-state index >= 15 is 0 Å². The Hall–Kier alpha value is -2.02. The summed E-state index contributed by atoms with van der Waals surface area (Å²) in [5.74, 6) is 1.23. The lowest BCUT2D eigenvalue weighted by atomic mass is 10.2. The van der Waals surface area contributed by atoms with Crippen molar-refractivity contribution in [3.63, 3.8) is 0 Å². The molecule has 0 bridgehead atoms. The van der Waals surface area contributed by atoms with Crippen LogP contribution in [0.5, 0.6) is 11.5 Å². The van der Waals surface area contributed by atoms with E-state index in [2.05, 4.69) is 22.7 Å². The molecule has 5 nitrogen and oxygen atoms in total. The van der Waals surface area contributed by atoms with Gasteiger partial charge in [-0.2, -0.15) is 5.10 Å². The summed E-state index contributed by atoms with van der Waals surface area (Å²) in [5.41, 5.74) is 9.54. The van der Waals surface area contributed by atoms with Crippen molar-refractivity contribution < 1.29 is 9.47 Å². The molecule has 0 aliphatic carbocycles. The molecule has 0 radical (unpaired) electrons. The molecule has 0 aromatic heterocycles. The van der Waals surface area contributed by atoms with Gasteiger partial charge in [0, 0.05) is 0 Å². The number of nitrogens with zero attached hydrogens (tertiary/aromatic N) is 1. The maximum absolute atomic E-state index is 6.02. The van der Waals surface area contributed by atoms with Crippen molar-refractivity contribution in [3.05, 3.63) is 57.6 Å². The van der Waals surface area contributed by atoms with Gasteiger partial charge in [-0.3, -0.25) is 5.43 Å². The summed E-state index contributed by atoms with van der Waals surface area (Å²) in [6.07, 6.45) is 1.59. The highest BCUT2D eigenvalue weighted by Gasteiger charge is 2.07. The number of halogens is 2. The third-order valence-electron chi connectivity index (χ3n) is 3.03. The van der Waals surface area contributed by atoms with E-state index in [1.165, 1.54) is 0 Å². The zero-order valence-electron chi connectivity index (χ0n) is 13.5. The van der Waals surface area contributed by atoms with Crippen LogP contribution in [0.25, 0.3) is 0 Å². The van der Waals surface area contributed by atoms with Gasteiger partial charge in [0.05, 0.1) is 22.9 Å². The molecule has 0 fully saturated rings. The SMILES string of the molecule is CCOc1cc(C=NNC(N)=S)ccc1OCc1ccc(Cl)c(Cl)c1. The van der Waals surface area contributed by atoms with Gasteiger partial charge in [-0.15, -0.1) is 0 Å². The summed E-state index contributed by atoms with van der Waals surface area (Å²) >= 11 is 16.6. The lowest BCUT2D eigenvalue weighted by Crippen LogP contribution is -2.23. The second-order valence-electron chi connectivity index (χ2n) is 4.91. The predicted molar refractivity (Wildman–Crippen MR) is 106 cm³/mol. The quantitative estimate of drug-likeness (QED) is 0.417. The number of benzene rings is 2. The molecule has 0 aliphatic heterocycles. The van der Waals surface area contributed by atoms with E-state index in [0.717, 1.165) is 11.1 Å². The Morgan fingerprint density at radius 1 is 1.16 bits per heavy atom. The lowest BCUT2D eigenvalue weighted by molar-refractivity contribution is 0.269. The second-order valence-corrected chi connectivity index (χ2v) is 6.16. The summed E-state index contributed by atoms with van der Waals surface area (Å²) in [4.78, 5) is 0. The molecule has 2 rings (SSSR count). The smallest absolute Gasteiger partial charge is 0.184 e. The van der Waals surface area contributed by atoms with Crippen molar-refractivity contribution >= 4 is 46.7 Å². The highest BCUT2D eigenvalue weighted by atomic mass is 35.5. The van der Waals surface area contributed by atoms with E-state index in [1.807, 2.05) is 31.2 Å². The molecule has 0 saturated carbocycles. The molecule has 8 heteroatoms. The zero-order valence-corrected chi connectivity index (χ0v) is 15.8. The Morgan fingerprint density at radius 2 is 1.96 bits per heavy atom.